The second-order valence-electron chi connectivity index (χ2n) is 9.56. The number of carbonyl (C=O) groups excluding carboxylic acids is 5. The first kappa shape index (κ1) is 40.4. The van der Waals surface area contributed by atoms with Gasteiger partial charge in [-0.3, -0.25) is 39.6 Å². The van der Waals surface area contributed by atoms with E-state index in [4.69, 9.17) is 0 Å². The summed E-state index contributed by atoms with van der Waals surface area (Å²) in [6.45, 7) is 8.81. The predicted octanol–water partition coefficient (Wildman–Crippen LogP) is 3.40. The van der Waals surface area contributed by atoms with Crippen LogP contribution < -0.4 is 10.6 Å². The van der Waals surface area contributed by atoms with E-state index < -0.39 is 17.7 Å². The number of carbonyl (C=O) groups is 5. The average molecular weight is 590 g/mol. The van der Waals surface area contributed by atoms with Crippen molar-refractivity contribution < 1.29 is 39.6 Å². The van der Waals surface area contributed by atoms with E-state index in [1.807, 2.05) is 13.8 Å². The van der Waals surface area contributed by atoms with Gasteiger partial charge in [-0.15, -0.1) is 0 Å². The first-order valence-electron chi connectivity index (χ1n) is 15.1. The summed E-state index contributed by atoms with van der Waals surface area (Å²) in [6, 6.07) is 0. The summed E-state index contributed by atoms with van der Waals surface area (Å²) in [5, 5.41) is 36.2. The molecule has 5 N–H and O–H groups in total. The normalized spacial score (nSPS) is 10.2. The molecule has 13 heteroatoms. The van der Waals surface area contributed by atoms with Gasteiger partial charge >= 0.3 is 0 Å². The number of hydrogen-bond donors (Lipinski definition) is 5. The maximum absolute atomic E-state index is 12.0. The van der Waals surface area contributed by atoms with Gasteiger partial charge < -0.3 is 10.6 Å². The maximum Gasteiger partial charge on any atom is 0.246 e. The number of nitrogens with zero attached hydrogens (tertiary/aromatic N) is 3. The summed E-state index contributed by atoms with van der Waals surface area (Å²) >= 11 is 0. The van der Waals surface area contributed by atoms with Crippen LogP contribution in [0.25, 0.3) is 0 Å². The molecule has 0 radical (unpaired) electrons. The largest absolute Gasteiger partial charge is 0.356 e. The van der Waals surface area contributed by atoms with Gasteiger partial charge in [-0.05, 0) is 44.9 Å². The quantitative estimate of drug-likeness (QED) is 0.0683. The van der Waals surface area contributed by atoms with Crippen molar-refractivity contribution in [2.75, 3.05) is 32.7 Å². The Morgan fingerprint density at radius 2 is 0.902 bits per heavy atom. The van der Waals surface area contributed by atoms with Gasteiger partial charge in [0.05, 0.1) is 0 Å². The minimum atomic E-state index is -0.543. The van der Waals surface area contributed by atoms with Gasteiger partial charge in [0.15, 0.2) is 0 Å². The second-order valence-corrected chi connectivity index (χ2v) is 9.56. The summed E-state index contributed by atoms with van der Waals surface area (Å²) in [6.07, 6.45) is 7.42. The molecule has 41 heavy (non-hydrogen) atoms. The van der Waals surface area contributed by atoms with Crippen LogP contribution in [0.4, 0.5) is 0 Å². The molecular weight excluding hydrogens is 534 g/mol. The van der Waals surface area contributed by atoms with E-state index in [2.05, 4.69) is 17.6 Å². The molecule has 0 fully saturated rings. The molecule has 0 aromatic heterocycles. The van der Waals surface area contributed by atoms with Crippen molar-refractivity contribution in [2.45, 2.75) is 118 Å². The Bertz CT molecular complexity index is 738. The van der Waals surface area contributed by atoms with Crippen molar-refractivity contribution in [1.82, 2.24) is 25.8 Å². The van der Waals surface area contributed by atoms with Gasteiger partial charge in [0.25, 0.3) is 0 Å². The third-order valence-electron chi connectivity index (χ3n) is 6.03. The number of rotatable bonds is 23. The second kappa shape index (κ2) is 27.4. The fourth-order valence-electron chi connectivity index (χ4n) is 3.55. The summed E-state index contributed by atoms with van der Waals surface area (Å²) in [5.41, 5.74) is 0. The summed E-state index contributed by atoms with van der Waals surface area (Å²) in [5.74, 6) is -1.99. The molecule has 0 aliphatic heterocycles. The fraction of sp³-hybridized carbons (Fsp3) is 0.821. The maximum atomic E-state index is 12.0. The molecule has 0 rings (SSSR count). The van der Waals surface area contributed by atoms with Crippen LogP contribution in [0.1, 0.15) is 118 Å². The first-order chi connectivity index (χ1) is 19.6. The van der Waals surface area contributed by atoms with Crippen molar-refractivity contribution in [3.05, 3.63) is 0 Å². The summed E-state index contributed by atoms with van der Waals surface area (Å²) < 4.78 is 0. The number of hydrogen-bond acceptors (Lipinski definition) is 8. The summed E-state index contributed by atoms with van der Waals surface area (Å²) in [7, 11) is 0. The van der Waals surface area contributed by atoms with Crippen LogP contribution in [0, 0.1) is 0 Å². The number of nitrogens with one attached hydrogen (secondary N) is 2. The Kier molecular flexibility index (Phi) is 27.0. The van der Waals surface area contributed by atoms with Crippen LogP contribution in [-0.4, -0.2) is 93.1 Å². The fourth-order valence-corrected chi connectivity index (χ4v) is 3.55. The van der Waals surface area contributed by atoms with Gasteiger partial charge in [0.1, 0.15) is 0 Å². The molecule has 0 aromatic rings. The Balaban J connectivity index is 0. The highest BCUT2D eigenvalue weighted by Crippen LogP contribution is 2.04. The lowest BCUT2D eigenvalue weighted by Gasteiger charge is -2.15. The monoisotopic (exact) mass is 589 g/mol. The minimum Gasteiger partial charge on any atom is -0.356 e. The average Bonchev–Trinajstić information content (AvgIpc) is 2.96. The van der Waals surface area contributed by atoms with Crippen LogP contribution in [0.15, 0.2) is 0 Å². The van der Waals surface area contributed by atoms with Crippen molar-refractivity contribution in [1.29, 1.82) is 0 Å². The molecule has 0 heterocycles. The molecule has 0 aromatic carbocycles. The van der Waals surface area contributed by atoms with E-state index in [-0.39, 0.29) is 57.1 Å². The zero-order valence-electron chi connectivity index (χ0n) is 25.7. The van der Waals surface area contributed by atoms with Crippen molar-refractivity contribution in [3.8, 4) is 0 Å². The van der Waals surface area contributed by atoms with Gasteiger partial charge in [-0.1, -0.05) is 40.0 Å². The van der Waals surface area contributed by atoms with Crippen molar-refractivity contribution in [2.24, 2.45) is 0 Å². The van der Waals surface area contributed by atoms with Crippen molar-refractivity contribution >= 4 is 29.5 Å². The number of hydroxylamine groups is 6. The molecule has 0 saturated carbocycles. The Hall–Kier alpha value is -2.77. The summed E-state index contributed by atoms with van der Waals surface area (Å²) in [4.78, 5) is 58.4. The van der Waals surface area contributed by atoms with E-state index >= 15 is 0 Å². The molecule has 13 nitrogen and oxygen atoms in total. The van der Waals surface area contributed by atoms with Gasteiger partial charge in [0.2, 0.25) is 29.5 Å². The Morgan fingerprint density at radius 1 is 0.537 bits per heavy atom. The van der Waals surface area contributed by atoms with Gasteiger partial charge in [-0.2, -0.15) is 0 Å². The molecule has 0 atom stereocenters. The van der Waals surface area contributed by atoms with E-state index in [9.17, 15) is 39.6 Å². The van der Waals surface area contributed by atoms with E-state index in [1.54, 1.807) is 0 Å². The molecule has 0 bridgehead atoms. The van der Waals surface area contributed by atoms with Crippen LogP contribution in [0.3, 0.4) is 0 Å². The molecule has 0 aliphatic rings. The molecule has 0 saturated heterocycles. The SMILES string of the molecule is CC.CCCCCCN(O)C(=O)CCC(=O)NCCCCCN(O)C(=O)CCC(=O)NCCCCCN(O)C(C)=O. The van der Waals surface area contributed by atoms with Gasteiger partial charge in [0, 0.05) is 65.3 Å². The lowest BCUT2D eigenvalue weighted by atomic mass is 10.2. The minimum absolute atomic E-state index is 0.000920. The molecule has 0 unspecified atom stereocenters. The Morgan fingerprint density at radius 3 is 1.27 bits per heavy atom. The zero-order valence-corrected chi connectivity index (χ0v) is 25.7. The van der Waals surface area contributed by atoms with E-state index in [1.165, 1.54) is 6.92 Å². The molecule has 240 valence electrons. The van der Waals surface area contributed by atoms with Crippen LogP contribution in [-0.2, 0) is 24.0 Å². The van der Waals surface area contributed by atoms with E-state index in [0.717, 1.165) is 32.1 Å². The van der Waals surface area contributed by atoms with Crippen LogP contribution in [0.5, 0.6) is 0 Å². The zero-order chi connectivity index (χ0) is 31.5. The molecule has 0 aliphatic carbocycles. The highest BCUT2D eigenvalue weighted by atomic mass is 16.5. The third kappa shape index (κ3) is 24.7. The number of amides is 5. The van der Waals surface area contributed by atoms with Crippen molar-refractivity contribution in [3.63, 3.8) is 0 Å². The highest BCUT2D eigenvalue weighted by Gasteiger charge is 2.14. The number of unbranched alkanes of at least 4 members (excludes halogenated alkanes) is 7. The third-order valence-corrected chi connectivity index (χ3v) is 6.03. The highest BCUT2D eigenvalue weighted by molar-refractivity contribution is 5.83. The molecule has 0 spiro atoms. The molecular formula is C28H55N5O8. The Labute approximate surface area is 245 Å². The van der Waals surface area contributed by atoms with Crippen LogP contribution in [0.2, 0.25) is 0 Å². The molecule has 5 amide bonds. The first-order valence-corrected chi connectivity index (χ1v) is 15.1. The topological polar surface area (TPSA) is 180 Å². The predicted molar refractivity (Wildman–Crippen MR) is 154 cm³/mol. The van der Waals surface area contributed by atoms with Crippen LogP contribution >= 0.6 is 0 Å². The van der Waals surface area contributed by atoms with Gasteiger partial charge in [-0.25, -0.2) is 15.2 Å². The smallest absolute Gasteiger partial charge is 0.246 e. The lowest BCUT2D eigenvalue weighted by Crippen LogP contribution is -2.31. The standard InChI is InChI=1S/C26H49N5O8.C2H6/c1-3-4-5-10-20-30(38)25(35)15-13-24(34)28-18-9-7-12-21-31(39)26(36)16-14-23(33)27-17-8-6-11-19-29(37)22(2)32;1-2/h37-39H,3-21H2,1-2H3,(H,27,33)(H,28,34);1-2H3. The lowest BCUT2D eigenvalue weighted by molar-refractivity contribution is -0.166. The van der Waals surface area contributed by atoms with E-state index in [0.29, 0.717) is 60.4 Å².